The third-order valence-corrected chi connectivity index (χ3v) is 6.15. The van der Waals surface area contributed by atoms with Crippen molar-refractivity contribution in [1.82, 2.24) is 10.2 Å². The minimum Gasteiger partial charge on any atom is -0.463 e. The number of Topliss-reactive ketones (excluding diaryl/α,β-unsaturated/α-hetero) is 1. The lowest BCUT2D eigenvalue weighted by molar-refractivity contribution is -0.140. The number of hydrogen-bond acceptors (Lipinski definition) is 5. The number of benzene rings is 2. The molecule has 0 spiro atoms. The van der Waals surface area contributed by atoms with Crippen LogP contribution in [0.3, 0.4) is 0 Å². The third kappa shape index (κ3) is 4.00. The number of hydrogen-bond donors (Lipinski definition) is 1. The molecule has 0 radical (unpaired) electrons. The summed E-state index contributed by atoms with van der Waals surface area (Å²) in [5.74, 6) is -0.334. The molecule has 2 aliphatic rings. The molecule has 0 fully saturated rings. The second-order valence-electron chi connectivity index (χ2n) is 7.62. The first-order valence-electron chi connectivity index (χ1n) is 10.5. The number of nitrogens with zero attached hydrogens (tertiary/aromatic N) is 1. The van der Waals surface area contributed by atoms with Crippen LogP contribution in [-0.4, -0.2) is 29.2 Å². The van der Waals surface area contributed by atoms with Crippen LogP contribution in [0.1, 0.15) is 48.7 Å². The summed E-state index contributed by atoms with van der Waals surface area (Å²) in [5, 5.41) is 3.18. The Morgan fingerprint density at radius 3 is 2.44 bits per heavy atom. The number of carbonyl (C=O) groups is 3. The Kier molecular flexibility index (Phi) is 6.28. The molecule has 0 aromatic heterocycles. The van der Waals surface area contributed by atoms with Gasteiger partial charge in [-0.2, -0.15) is 0 Å². The first-order valence-corrected chi connectivity index (χ1v) is 11.3. The van der Waals surface area contributed by atoms with E-state index in [1.54, 1.807) is 30.9 Å². The number of amides is 1. The van der Waals surface area contributed by atoms with Gasteiger partial charge in [0.2, 0.25) is 5.91 Å². The molecule has 32 heavy (non-hydrogen) atoms. The van der Waals surface area contributed by atoms with Crippen molar-refractivity contribution in [2.75, 3.05) is 6.61 Å². The molecular formula is C25H23BrN2O4. The zero-order valence-corrected chi connectivity index (χ0v) is 19.4. The highest BCUT2D eigenvalue weighted by Gasteiger charge is 2.43. The molecule has 0 aliphatic carbocycles. The SMILES string of the molecule is CCOC(=O)C1=C(C)NC2=C(C(=O)c3ccccc3)CCC(=O)N2C1c1ccc(Br)cc1. The Hall–Kier alpha value is -3.19. The maximum atomic E-state index is 13.3. The van der Waals surface area contributed by atoms with Gasteiger partial charge in [0, 0.05) is 27.7 Å². The smallest absolute Gasteiger partial charge is 0.338 e. The van der Waals surface area contributed by atoms with Crippen LogP contribution in [0, 0.1) is 0 Å². The van der Waals surface area contributed by atoms with Crippen LogP contribution in [0.4, 0.5) is 0 Å². The van der Waals surface area contributed by atoms with Crippen LogP contribution >= 0.6 is 15.9 Å². The van der Waals surface area contributed by atoms with E-state index in [1.165, 1.54) is 0 Å². The van der Waals surface area contributed by atoms with E-state index in [0.29, 0.717) is 34.6 Å². The molecule has 1 unspecified atom stereocenters. The predicted molar refractivity (Wildman–Crippen MR) is 123 cm³/mol. The molecule has 0 saturated heterocycles. The molecule has 2 heterocycles. The number of allylic oxidation sites excluding steroid dienone is 2. The fraction of sp³-hybridized carbons (Fsp3) is 0.240. The molecule has 6 nitrogen and oxygen atoms in total. The Morgan fingerprint density at radius 1 is 1.09 bits per heavy atom. The molecule has 0 saturated carbocycles. The highest BCUT2D eigenvalue weighted by Crippen LogP contribution is 2.41. The molecule has 1 N–H and O–H groups in total. The second kappa shape index (κ2) is 9.12. The first kappa shape index (κ1) is 22.0. The van der Waals surface area contributed by atoms with Gasteiger partial charge < -0.3 is 10.1 Å². The zero-order valence-electron chi connectivity index (χ0n) is 17.9. The Morgan fingerprint density at radius 2 is 1.78 bits per heavy atom. The Labute approximate surface area is 195 Å². The number of halogens is 1. The predicted octanol–water partition coefficient (Wildman–Crippen LogP) is 4.65. The molecule has 0 bridgehead atoms. The van der Waals surface area contributed by atoms with E-state index in [-0.39, 0.29) is 24.7 Å². The van der Waals surface area contributed by atoms with Crippen molar-refractivity contribution < 1.29 is 19.1 Å². The van der Waals surface area contributed by atoms with E-state index in [2.05, 4.69) is 21.2 Å². The van der Waals surface area contributed by atoms with Crippen molar-refractivity contribution in [3.05, 3.63) is 92.9 Å². The molecule has 2 aliphatic heterocycles. The highest BCUT2D eigenvalue weighted by molar-refractivity contribution is 9.10. The molecule has 1 atom stereocenters. The molecular weight excluding hydrogens is 472 g/mol. The number of fused-ring (bicyclic) bond motifs is 1. The lowest BCUT2D eigenvalue weighted by atomic mass is 9.88. The van der Waals surface area contributed by atoms with Gasteiger partial charge in [-0.25, -0.2) is 4.79 Å². The van der Waals surface area contributed by atoms with Crippen molar-refractivity contribution >= 4 is 33.6 Å². The highest BCUT2D eigenvalue weighted by atomic mass is 79.9. The van der Waals surface area contributed by atoms with Gasteiger partial charge in [0.05, 0.1) is 18.2 Å². The van der Waals surface area contributed by atoms with E-state index in [1.807, 2.05) is 42.5 Å². The van der Waals surface area contributed by atoms with Crippen LogP contribution in [-0.2, 0) is 14.3 Å². The summed E-state index contributed by atoms with van der Waals surface area (Å²) in [6.07, 6.45) is 0.516. The van der Waals surface area contributed by atoms with E-state index < -0.39 is 12.0 Å². The van der Waals surface area contributed by atoms with Crippen LogP contribution in [0.5, 0.6) is 0 Å². The summed E-state index contributed by atoms with van der Waals surface area (Å²) in [6, 6.07) is 15.8. The summed E-state index contributed by atoms with van der Waals surface area (Å²) < 4.78 is 6.20. The van der Waals surface area contributed by atoms with Gasteiger partial charge in [-0.1, -0.05) is 58.4 Å². The number of carbonyl (C=O) groups excluding carboxylic acids is 3. The maximum absolute atomic E-state index is 13.3. The number of rotatable bonds is 5. The number of esters is 1. The normalized spacial score (nSPS) is 18.3. The van der Waals surface area contributed by atoms with E-state index in [0.717, 1.165) is 10.0 Å². The summed E-state index contributed by atoms with van der Waals surface area (Å²) >= 11 is 3.43. The van der Waals surface area contributed by atoms with E-state index >= 15 is 0 Å². The number of ketones is 1. The molecule has 7 heteroatoms. The van der Waals surface area contributed by atoms with Crippen LogP contribution in [0.25, 0.3) is 0 Å². The van der Waals surface area contributed by atoms with Crippen molar-refractivity contribution in [2.45, 2.75) is 32.7 Å². The molecule has 2 aromatic carbocycles. The van der Waals surface area contributed by atoms with Gasteiger partial charge >= 0.3 is 5.97 Å². The monoisotopic (exact) mass is 494 g/mol. The largest absolute Gasteiger partial charge is 0.463 e. The lowest BCUT2D eigenvalue weighted by Crippen LogP contribution is -2.49. The molecule has 1 amide bonds. The summed E-state index contributed by atoms with van der Waals surface area (Å²) in [5.41, 5.74) is 2.77. The topological polar surface area (TPSA) is 75.7 Å². The van der Waals surface area contributed by atoms with Gasteiger partial charge in [0.15, 0.2) is 5.78 Å². The Bertz CT molecular complexity index is 1140. The van der Waals surface area contributed by atoms with Crippen molar-refractivity contribution in [3.63, 3.8) is 0 Å². The van der Waals surface area contributed by atoms with E-state index in [4.69, 9.17) is 4.74 Å². The quantitative estimate of drug-likeness (QED) is 0.483. The first-order chi connectivity index (χ1) is 15.4. The molecule has 164 valence electrons. The zero-order chi connectivity index (χ0) is 22.8. The Balaban J connectivity index is 1.90. The fourth-order valence-corrected chi connectivity index (χ4v) is 4.41. The van der Waals surface area contributed by atoms with Gasteiger partial charge in [-0.15, -0.1) is 0 Å². The minimum atomic E-state index is -0.690. The fourth-order valence-electron chi connectivity index (χ4n) is 4.15. The average Bonchev–Trinajstić information content (AvgIpc) is 2.79. The van der Waals surface area contributed by atoms with Gasteiger partial charge in [0.1, 0.15) is 5.82 Å². The summed E-state index contributed by atoms with van der Waals surface area (Å²) in [6.45, 7) is 3.73. The van der Waals surface area contributed by atoms with Crippen molar-refractivity contribution in [2.24, 2.45) is 0 Å². The number of nitrogens with one attached hydrogen (secondary N) is 1. The minimum absolute atomic E-state index is 0.132. The third-order valence-electron chi connectivity index (χ3n) is 5.62. The van der Waals surface area contributed by atoms with Gasteiger partial charge in [0.25, 0.3) is 0 Å². The van der Waals surface area contributed by atoms with Crippen LogP contribution in [0.15, 0.2) is 81.7 Å². The molecule has 2 aromatic rings. The number of ether oxygens (including phenoxy) is 1. The van der Waals surface area contributed by atoms with Crippen LogP contribution in [0.2, 0.25) is 0 Å². The summed E-state index contributed by atoms with van der Waals surface area (Å²) in [7, 11) is 0. The average molecular weight is 495 g/mol. The molecule has 4 rings (SSSR count). The van der Waals surface area contributed by atoms with Gasteiger partial charge in [-0.05, 0) is 38.0 Å². The summed E-state index contributed by atoms with van der Waals surface area (Å²) in [4.78, 5) is 41.0. The van der Waals surface area contributed by atoms with E-state index in [9.17, 15) is 14.4 Å². The maximum Gasteiger partial charge on any atom is 0.338 e. The van der Waals surface area contributed by atoms with Crippen molar-refractivity contribution in [1.29, 1.82) is 0 Å². The van der Waals surface area contributed by atoms with Gasteiger partial charge in [-0.3, -0.25) is 14.5 Å². The van der Waals surface area contributed by atoms with Crippen molar-refractivity contribution in [3.8, 4) is 0 Å². The second-order valence-corrected chi connectivity index (χ2v) is 8.54. The standard InChI is InChI=1S/C25H23BrN2O4/c1-3-32-25(31)21-15(2)27-24-19(23(30)17-7-5-4-6-8-17)13-14-20(29)28(24)22(21)16-9-11-18(26)12-10-16/h4-12,22,27H,3,13-14H2,1-2H3. The lowest BCUT2D eigenvalue weighted by Gasteiger charge is -2.43. The van der Waals surface area contributed by atoms with Crippen LogP contribution < -0.4 is 5.32 Å².